The largest absolute Gasteiger partial charge is 0.497 e. The summed E-state index contributed by atoms with van der Waals surface area (Å²) in [7, 11) is 3.79. The van der Waals surface area contributed by atoms with E-state index in [1.165, 1.54) is 5.56 Å². The molecule has 0 aliphatic carbocycles. The highest BCUT2D eigenvalue weighted by Crippen LogP contribution is 2.21. The summed E-state index contributed by atoms with van der Waals surface area (Å²) in [6.07, 6.45) is 1.67. The second kappa shape index (κ2) is 5.52. The number of aliphatic hydroxyl groups is 1. The number of likely N-dealkylation sites (tertiary alicyclic amines) is 1. The zero-order valence-corrected chi connectivity index (χ0v) is 10.6. The fourth-order valence-corrected chi connectivity index (χ4v) is 2.47. The van der Waals surface area contributed by atoms with Gasteiger partial charge in [0.05, 0.1) is 13.2 Å². The van der Waals surface area contributed by atoms with Gasteiger partial charge in [-0.2, -0.15) is 0 Å². The molecule has 2 rings (SSSR count). The maximum Gasteiger partial charge on any atom is 0.118 e. The number of hydrogen-bond acceptors (Lipinski definition) is 3. The second-order valence-electron chi connectivity index (χ2n) is 4.93. The summed E-state index contributed by atoms with van der Waals surface area (Å²) in [4.78, 5) is 2.29. The maximum atomic E-state index is 10.00. The fraction of sp³-hybridized carbons (Fsp3) is 0.571. The molecule has 2 unspecified atom stereocenters. The molecule has 1 aliphatic heterocycles. The predicted molar refractivity (Wildman–Crippen MR) is 68.3 cm³/mol. The van der Waals surface area contributed by atoms with Crippen LogP contribution in [0.15, 0.2) is 24.3 Å². The zero-order valence-electron chi connectivity index (χ0n) is 10.6. The van der Waals surface area contributed by atoms with Crippen molar-refractivity contribution in [2.75, 3.05) is 27.2 Å². The van der Waals surface area contributed by atoms with E-state index in [2.05, 4.69) is 24.1 Å². The van der Waals surface area contributed by atoms with Crippen LogP contribution in [0.25, 0.3) is 0 Å². The molecule has 1 aliphatic rings. The monoisotopic (exact) mass is 235 g/mol. The Hall–Kier alpha value is -1.06. The number of benzene rings is 1. The molecule has 3 heteroatoms. The summed E-state index contributed by atoms with van der Waals surface area (Å²) < 4.78 is 5.14. The highest BCUT2D eigenvalue weighted by atomic mass is 16.5. The van der Waals surface area contributed by atoms with E-state index in [9.17, 15) is 5.11 Å². The number of methoxy groups -OCH3 is 1. The average molecular weight is 235 g/mol. The van der Waals surface area contributed by atoms with E-state index < -0.39 is 0 Å². The minimum absolute atomic E-state index is 0.159. The van der Waals surface area contributed by atoms with Crippen LogP contribution in [0, 0.1) is 5.92 Å². The summed E-state index contributed by atoms with van der Waals surface area (Å²) >= 11 is 0. The molecular formula is C14H21NO2. The van der Waals surface area contributed by atoms with Gasteiger partial charge in [-0.1, -0.05) is 12.1 Å². The van der Waals surface area contributed by atoms with Crippen LogP contribution in [0.3, 0.4) is 0 Å². The number of hydrogen-bond donors (Lipinski definition) is 1. The topological polar surface area (TPSA) is 32.7 Å². The van der Waals surface area contributed by atoms with Crippen molar-refractivity contribution >= 4 is 0 Å². The summed E-state index contributed by atoms with van der Waals surface area (Å²) in [6.45, 7) is 1.98. The van der Waals surface area contributed by atoms with Crippen LogP contribution in [-0.2, 0) is 6.42 Å². The molecule has 0 spiro atoms. The maximum absolute atomic E-state index is 10.00. The van der Waals surface area contributed by atoms with Crippen molar-refractivity contribution in [2.45, 2.75) is 18.9 Å². The van der Waals surface area contributed by atoms with E-state index in [-0.39, 0.29) is 6.10 Å². The van der Waals surface area contributed by atoms with Gasteiger partial charge in [-0.05, 0) is 37.6 Å². The highest BCUT2D eigenvalue weighted by Gasteiger charge is 2.25. The summed E-state index contributed by atoms with van der Waals surface area (Å²) in [5.41, 5.74) is 1.27. The van der Waals surface area contributed by atoms with Crippen molar-refractivity contribution in [3.63, 3.8) is 0 Å². The lowest BCUT2D eigenvalue weighted by atomic mass is 9.89. The first-order valence-corrected chi connectivity index (χ1v) is 6.18. The Balaban J connectivity index is 1.98. The van der Waals surface area contributed by atoms with Gasteiger partial charge in [0.15, 0.2) is 0 Å². The molecule has 0 bridgehead atoms. The quantitative estimate of drug-likeness (QED) is 0.863. The van der Waals surface area contributed by atoms with Crippen molar-refractivity contribution < 1.29 is 9.84 Å². The molecular weight excluding hydrogens is 214 g/mol. The van der Waals surface area contributed by atoms with Crippen LogP contribution in [0.2, 0.25) is 0 Å². The summed E-state index contributed by atoms with van der Waals surface area (Å²) in [5.74, 6) is 1.23. The van der Waals surface area contributed by atoms with Gasteiger partial charge in [-0.15, -0.1) is 0 Å². The van der Waals surface area contributed by atoms with E-state index in [4.69, 9.17) is 4.74 Å². The standard InChI is InChI=1S/C14H21NO2/c1-15-8-7-14(16)12(10-15)9-11-3-5-13(17-2)6-4-11/h3-6,12,14,16H,7-10H2,1-2H3. The lowest BCUT2D eigenvalue weighted by molar-refractivity contribution is 0.0366. The van der Waals surface area contributed by atoms with Crippen LogP contribution in [0.4, 0.5) is 0 Å². The van der Waals surface area contributed by atoms with Crippen molar-refractivity contribution in [3.05, 3.63) is 29.8 Å². The van der Waals surface area contributed by atoms with Crippen LogP contribution in [0.5, 0.6) is 5.75 Å². The number of piperidine rings is 1. The van der Waals surface area contributed by atoms with E-state index >= 15 is 0 Å². The molecule has 17 heavy (non-hydrogen) atoms. The van der Waals surface area contributed by atoms with Crippen molar-refractivity contribution in [2.24, 2.45) is 5.92 Å². The first-order chi connectivity index (χ1) is 8.19. The Morgan fingerprint density at radius 3 is 2.71 bits per heavy atom. The second-order valence-corrected chi connectivity index (χ2v) is 4.93. The Morgan fingerprint density at radius 1 is 1.35 bits per heavy atom. The highest BCUT2D eigenvalue weighted by molar-refractivity contribution is 5.27. The molecule has 1 heterocycles. The molecule has 0 radical (unpaired) electrons. The number of ether oxygens (including phenoxy) is 1. The zero-order chi connectivity index (χ0) is 12.3. The third-order valence-electron chi connectivity index (χ3n) is 3.55. The minimum atomic E-state index is -0.159. The Labute approximate surface area is 103 Å². The van der Waals surface area contributed by atoms with Crippen LogP contribution >= 0.6 is 0 Å². The molecule has 0 aromatic heterocycles. The summed E-state index contributed by atoms with van der Waals surface area (Å²) in [6, 6.07) is 8.13. The molecule has 94 valence electrons. The van der Waals surface area contributed by atoms with E-state index in [0.29, 0.717) is 5.92 Å². The van der Waals surface area contributed by atoms with Gasteiger partial charge >= 0.3 is 0 Å². The van der Waals surface area contributed by atoms with Crippen LogP contribution in [-0.4, -0.2) is 43.4 Å². The lowest BCUT2D eigenvalue weighted by Crippen LogP contribution is -2.41. The summed E-state index contributed by atoms with van der Waals surface area (Å²) in [5, 5.41) is 10.00. The first kappa shape index (κ1) is 12.4. The average Bonchev–Trinajstić information content (AvgIpc) is 2.35. The predicted octanol–water partition coefficient (Wildman–Crippen LogP) is 1.55. The molecule has 2 atom stereocenters. The number of rotatable bonds is 3. The molecule has 1 saturated heterocycles. The van der Waals surface area contributed by atoms with E-state index in [1.54, 1.807) is 7.11 Å². The molecule has 1 aromatic carbocycles. The lowest BCUT2D eigenvalue weighted by Gasteiger charge is -2.34. The Bertz CT molecular complexity index is 350. The molecule has 1 fully saturated rings. The Morgan fingerprint density at radius 2 is 2.06 bits per heavy atom. The van der Waals surface area contributed by atoms with Crippen molar-refractivity contribution in [1.29, 1.82) is 0 Å². The SMILES string of the molecule is COc1ccc(CC2CN(C)CCC2O)cc1. The Kier molecular flexibility index (Phi) is 4.02. The van der Waals surface area contributed by atoms with Crippen LogP contribution < -0.4 is 4.74 Å². The van der Waals surface area contributed by atoms with Gasteiger partial charge in [0.2, 0.25) is 0 Å². The van der Waals surface area contributed by atoms with Gasteiger partial charge in [0.25, 0.3) is 0 Å². The molecule has 0 amide bonds. The van der Waals surface area contributed by atoms with Gasteiger partial charge in [0.1, 0.15) is 5.75 Å². The van der Waals surface area contributed by atoms with Crippen molar-refractivity contribution in [3.8, 4) is 5.75 Å². The third-order valence-corrected chi connectivity index (χ3v) is 3.55. The molecule has 1 N–H and O–H groups in total. The molecule has 3 nitrogen and oxygen atoms in total. The smallest absolute Gasteiger partial charge is 0.118 e. The number of nitrogens with zero attached hydrogens (tertiary/aromatic N) is 1. The molecule has 0 saturated carbocycles. The third kappa shape index (κ3) is 3.20. The van der Waals surface area contributed by atoms with Crippen LogP contribution in [0.1, 0.15) is 12.0 Å². The fourth-order valence-electron chi connectivity index (χ4n) is 2.47. The van der Waals surface area contributed by atoms with E-state index in [0.717, 1.165) is 31.7 Å². The van der Waals surface area contributed by atoms with Gasteiger partial charge in [-0.3, -0.25) is 0 Å². The molecule has 1 aromatic rings. The number of aliphatic hydroxyl groups excluding tert-OH is 1. The minimum Gasteiger partial charge on any atom is -0.497 e. The van der Waals surface area contributed by atoms with Gasteiger partial charge < -0.3 is 14.7 Å². The van der Waals surface area contributed by atoms with E-state index in [1.807, 2.05) is 12.1 Å². The van der Waals surface area contributed by atoms with Gasteiger partial charge in [0, 0.05) is 19.0 Å². The first-order valence-electron chi connectivity index (χ1n) is 6.18. The van der Waals surface area contributed by atoms with Crippen molar-refractivity contribution in [1.82, 2.24) is 4.90 Å². The van der Waals surface area contributed by atoms with Gasteiger partial charge in [-0.25, -0.2) is 0 Å². The normalized spacial score (nSPS) is 25.8.